The third kappa shape index (κ3) is 9.16. The molecule has 2 fully saturated rings. The summed E-state index contributed by atoms with van der Waals surface area (Å²) in [6.45, 7) is 5.47. The molecule has 2 saturated carbocycles. The van der Waals surface area contributed by atoms with Crippen LogP contribution in [0.4, 0.5) is 5.69 Å². The first kappa shape index (κ1) is 41.0. The molecule has 8 N–H and O–H groups in total. The number of fused-ring (bicyclic) bond motifs is 1. The molecule has 3 heterocycles. The number of hydrogen-bond acceptors (Lipinski definition) is 9. The molecule has 11 heteroatoms. The van der Waals surface area contributed by atoms with E-state index in [1.807, 2.05) is 37.3 Å². The third-order valence-corrected chi connectivity index (χ3v) is 14.7. The number of thiophene rings is 2. The van der Waals surface area contributed by atoms with E-state index in [0.717, 1.165) is 75.7 Å². The highest BCUT2D eigenvalue weighted by molar-refractivity contribution is 7.23. The molecule has 2 aromatic heterocycles. The molecule has 9 atom stereocenters. The Kier molecular flexibility index (Phi) is 13.5. The summed E-state index contributed by atoms with van der Waals surface area (Å²) in [4.78, 5) is 23.0. The summed E-state index contributed by atoms with van der Waals surface area (Å²) in [5, 5.41) is 49.8. The second-order valence-electron chi connectivity index (χ2n) is 16.0. The van der Waals surface area contributed by atoms with E-state index in [1.54, 1.807) is 42.7 Å². The van der Waals surface area contributed by atoms with E-state index in [4.69, 9.17) is 5.73 Å². The molecule has 0 unspecified atom stereocenters. The Balaban J connectivity index is 1.33. The summed E-state index contributed by atoms with van der Waals surface area (Å²) in [7, 11) is 1.66. The van der Waals surface area contributed by atoms with Crippen LogP contribution in [0.1, 0.15) is 104 Å². The Bertz CT molecular complexity index is 1920. The monoisotopic (exact) mass is 786 g/mol. The van der Waals surface area contributed by atoms with E-state index in [0.29, 0.717) is 30.8 Å². The number of aliphatic hydroxyl groups is 3. The number of Topliss-reactive ketones (excluding diaryl/α,β-unsaturated/α-hetero) is 1. The van der Waals surface area contributed by atoms with E-state index in [9.17, 15) is 25.2 Å². The summed E-state index contributed by atoms with van der Waals surface area (Å²) in [6, 6.07) is 11.6. The molecule has 3 aliphatic rings. The van der Waals surface area contributed by atoms with Crippen molar-refractivity contribution in [3.63, 3.8) is 0 Å². The summed E-state index contributed by atoms with van der Waals surface area (Å²) in [5.74, 6) is 6.80. The minimum absolute atomic E-state index is 0.0914. The lowest BCUT2D eigenvalue weighted by Gasteiger charge is -2.47. The lowest BCUT2D eigenvalue weighted by atomic mass is 9.58. The van der Waals surface area contributed by atoms with Gasteiger partial charge in [0.05, 0.1) is 34.6 Å². The molecule has 1 spiro atoms. The number of rotatable bonds is 14. The standard InChI is InChI=1S/C44H58N4O5S2/c1-5-7-8-10-28-22-44(24-32(28)38(52)25-49)23-29(11-14-33(44)42(53)41-18-17-40(55-41)39-16-12-30(54-39)9-6-2)35(48-43(45)46-4)19-27-20-36-31(37(51)21-27)13-15-34(47-36)26(3)50/h12-13,15-18,20-21,26,28-29,32-35,38,47,49-52H,5,7-8,10-11,14,19,22-25H2,1-4H3,(H3,45,46,48)/t26-,28+,29-,32-,33+,34-,35-,38+,44-/m0/s1. The van der Waals surface area contributed by atoms with Gasteiger partial charge in [0.2, 0.25) is 0 Å². The van der Waals surface area contributed by atoms with Crippen molar-refractivity contribution >= 4 is 46.2 Å². The van der Waals surface area contributed by atoms with Gasteiger partial charge < -0.3 is 36.8 Å². The molecule has 0 radical (unpaired) electrons. The van der Waals surface area contributed by atoms with Gasteiger partial charge in [0, 0.05) is 40.0 Å². The highest BCUT2D eigenvalue weighted by Gasteiger charge is 2.56. The fraction of sp³-hybridized carbons (Fsp3) is 0.545. The topological polar surface area (TPSA) is 160 Å². The molecule has 0 bridgehead atoms. The second-order valence-corrected chi connectivity index (χ2v) is 18.2. The van der Waals surface area contributed by atoms with Gasteiger partial charge in [0.1, 0.15) is 5.75 Å². The van der Waals surface area contributed by atoms with Crippen LogP contribution in [0.2, 0.25) is 0 Å². The molecule has 6 rings (SSSR count). The summed E-state index contributed by atoms with van der Waals surface area (Å²) < 4.78 is 0. The van der Waals surface area contributed by atoms with E-state index in [2.05, 4.69) is 46.5 Å². The van der Waals surface area contributed by atoms with E-state index >= 15 is 0 Å². The van der Waals surface area contributed by atoms with Crippen molar-refractivity contribution in [1.29, 1.82) is 0 Å². The van der Waals surface area contributed by atoms with Gasteiger partial charge in [-0.25, -0.2) is 0 Å². The number of aromatic hydroxyl groups is 1. The first-order chi connectivity index (χ1) is 26.5. The number of unbranched alkanes of at least 4 members (excludes halogenated alkanes) is 2. The zero-order valence-corrected chi connectivity index (χ0v) is 34.2. The number of carbonyl (C=O) groups excluding carboxylic acids is 1. The number of carbonyl (C=O) groups is 1. The van der Waals surface area contributed by atoms with E-state index in [-0.39, 0.29) is 59.3 Å². The van der Waals surface area contributed by atoms with Crippen molar-refractivity contribution in [2.45, 2.75) is 109 Å². The smallest absolute Gasteiger partial charge is 0.188 e. The number of nitrogens with zero attached hydrogens (tertiary/aromatic N) is 1. The predicted molar refractivity (Wildman–Crippen MR) is 226 cm³/mol. The lowest BCUT2D eigenvalue weighted by molar-refractivity contribution is 0.0149. The number of anilines is 1. The molecule has 1 aromatic carbocycles. The van der Waals surface area contributed by atoms with Crippen LogP contribution in [0.15, 0.2) is 47.5 Å². The van der Waals surface area contributed by atoms with Gasteiger partial charge in [-0.1, -0.05) is 50.7 Å². The van der Waals surface area contributed by atoms with Crippen molar-refractivity contribution in [3.05, 3.63) is 63.4 Å². The number of nitrogens with one attached hydrogen (secondary N) is 2. The molecule has 3 aromatic rings. The minimum Gasteiger partial charge on any atom is -0.507 e. The molecule has 0 amide bonds. The SMILES string of the molecule is CC#Cc1ccc(-c2ccc(C(=O)[C@H]3CC[C@H]([C@H](Cc4cc(O)c5c(c4)N[C@H]([C@H](C)O)C=C5)NC(N)=NC)C[C@]34C[C@@H](CCCCC)[C@@H]([C@H](O)CO)C4)s2)s1. The summed E-state index contributed by atoms with van der Waals surface area (Å²) in [6.07, 6.45) is 10.8. The van der Waals surface area contributed by atoms with Gasteiger partial charge in [-0.2, -0.15) is 0 Å². The number of aliphatic imine (C=N–C) groups is 1. The van der Waals surface area contributed by atoms with Crippen LogP contribution < -0.4 is 16.4 Å². The Morgan fingerprint density at radius 2 is 1.89 bits per heavy atom. The van der Waals surface area contributed by atoms with Crippen LogP contribution in [0.3, 0.4) is 0 Å². The van der Waals surface area contributed by atoms with Crippen molar-refractivity contribution in [3.8, 4) is 27.3 Å². The van der Waals surface area contributed by atoms with Gasteiger partial charge in [-0.05, 0) is 118 Å². The molecular formula is C44H58N4O5S2. The minimum atomic E-state index is -0.836. The predicted octanol–water partition coefficient (Wildman–Crippen LogP) is 7.43. The maximum Gasteiger partial charge on any atom is 0.188 e. The van der Waals surface area contributed by atoms with Crippen molar-refractivity contribution in [1.82, 2.24) is 5.32 Å². The average molecular weight is 787 g/mol. The first-order valence-electron chi connectivity index (χ1n) is 19.9. The average Bonchev–Trinajstić information content (AvgIpc) is 3.94. The molecule has 9 nitrogen and oxygen atoms in total. The lowest BCUT2D eigenvalue weighted by Crippen LogP contribution is -2.50. The number of phenols is 1. The zero-order chi connectivity index (χ0) is 39.3. The number of ketones is 1. The zero-order valence-electron chi connectivity index (χ0n) is 32.6. The van der Waals surface area contributed by atoms with Crippen LogP contribution >= 0.6 is 22.7 Å². The van der Waals surface area contributed by atoms with Gasteiger partial charge in [0.25, 0.3) is 0 Å². The Morgan fingerprint density at radius 3 is 2.62 bits per heavy atom. The third-order valence-electron chi connectivity index (χ3n) is 12.4. The number of benzene rings is 1. The molecule has 296 valence electrons. The summed E-state index contributed by atoms with van der Waals surface area (Å²) in [5.41, 5.74) is 8.39. The van der Waals surface area contributed by atoms with Crippen molar-refractivity contribution in [2.75, 3.05) is 19.0 Å². The van der Waals surface area contributed by atoms with E-state index in [1.165, 1.54) is 0 Å². The van der Waals surface area contributed by atoms with Crippen LogP contribution in [0, 0.1) is 40.9 Å². The molecule has 2 aliphatic carbocycles. The Hall–Kier alpha value is -3.66. The maximum absolute atomic E-state index is 14.8. The molecule has 55 heavy (non-hydrogen) atoms. The maximum atomic E-state index is 14.8. The van der Waals surface area contributed by atoms with Crippen LogP contribution in [-0.4, -0.2) is 70.1 Å². The molecule has 1 aliphatic heterocycles. The van der Waals surface area contributed by atoms with Gasteiger partial charge in [0.15, 0.2) is 11.7 Å². The fourth-order valence-corrected chi connectivity index (χ4v) is 11.7. The van der Waals surface area contributed by atoms with Crippen LogP contribution in [-0.2, 0) is 6.42 Å². The number of guanidine groups is 1. The number of phenolic OH excluding ortho intramolecular Hbond substituents is 1. The van der Waals surface area contributed by atoms with Crippen molar-refractivity contribution in [2.24, 2.45) is 39.8 Å². The number of aliphatic hydroxyl groups excluding tert-OH is 3. The van der Waals surface area contributed by atoms with Crippen LogP contribution in [0.25, 0.3) is 15.8 Å². The highest BCUT2D eigenvalue weighted by Crippen LogP contribution is 2.61. The largest absolute Gasteiger partial charge is 0.507 e. The highest BCUT2D eigenvalue weighted by atomic mass is 32.1. The number of hydrogen-bond donors (Lipinski definition) is 7. The fourth-order valence-electron chi connectivity index (χ4n) is 9.71. The Labute approximate surface area is 334 Å². The first-order valence-corrected chi connectivity index (χ1v) is 21.6. The Morgan fingerprint density at radius 1 is 1.11 bits per heavy atom. The van der Waals surface area contributed by atoms with Crippen molar-refractivity contribution < 1.29 is 25.2 Å². The second kappa shape index (κ2) is 18.1. The normalized spacial score (nSPS) is 26.5. The summed E-state index contributed by atoms with van der Waals surface area (Å²) >= 11 is 3.19. The van der Waals surface area contributed by atoms with E-state index < -0.39 is 12.2 Å². The number of nitrogens with two attached hydrogens (primary N) is 1. The van der Waals surface area contributed by atoms with Gasteiger partial charge >= 0.3 is 0 Å². The van der Waals surface area contributed by atoms with Gasteiger partial charge in [-0.3, -0.25) is 9.79 Å². The van der Waals surface area contributed by atoms with Crippen LogP contribution in [0.5, 0.6) is 5.75 Å². The molecular weight excluding hydrogens is 729 g/mol. The van der Waals surface area contributed by atoms with Gasteiger partial charge in [-0.15, -0.1) is 28.6 Å². The quantitative estimate of drug-likeness (QED) is 0.0292. The molecule has 0 saturated heterocycles.